The zero-order valence-corrected chi connectivity index (χ0v) is 20.0. The summed E-state index contributed by atoms with van der Waals surface area (Å²) in [7, 11) is 0. The van der Waals surface area contributed by atoms with Gasteiger partial charge in [0, 0.05) is 38.7 Å². The summed E-state index contributed by atoms with van der Waals surface area (Å²) in [5.41, 5.74) is 1.06. The Labute approximate surface area is 205 Å². The van der Waals surface area contributed by atoms with Gasteiger partial charge in [0.05, 0.1) is 17.4 Å². The van der Waals surface area contributed by atoms with Crippen molar-refractivity contribution in [3.05, 3.63) is 54.1 Å². The number of carboxylic acids is 1. The number of likely N-dealkylation sites (tertiary alicyclic amines) is 1. The molecule has 188 valence electrons. The van der Waals surface area contributed by atoms with Gasteiger partial charge in [0.2, 0.25) is 5.91 Å². The number of aromatic nitrogens is 2. The van der Waals surface area contributed by atoms with Gasteiger partial charge in [-0.2, -0.15) is 0 Å². The highest BCUT2D eigenvalue weighted by Crippen LogP contribution is 2.47. The van der Waals surface area contributed by atoms with Gasteiger partial charge >= 0.3 is 12.0 Å². The maximum atomic E-state index is 13.5. The van der Waals surface area contributed by atoms with E-state index in [0.29, 0.717) is 45.3 Å². The van der Waals surface area contributed by atoms with Crippen LogP contribution < -0.4 is 10.6 Å². The van der Waals surface area contributed by atoms with Gasteiger partial charge < -0.3 is 25.6 Å². The van der Waals surface area contributed by atoms with Gasteiger partial charge in [0.15, 0.2) is 0 Å². The largest absolute Gasteiger partial charge is 0.481 e. The summed E-state index contributed by atoms with van der Waals surface area (Å²) in [6, 6.07) is 8.46. The lowest BCUT2D eigenvalue weighted by Gasteiger charge is -2.43. The Morgan fingerprint density at radius 3 is 2.49 bits per heavy atom. The van der Waals surface area contributed by atoms with Crippen molar-refractivity contribution in [2.75, 3.05) is 19.6 Å². The standard InChI is InChI=1S/C26H35N5O4/c32-23(31-14-11-26(12-15-31,24(33)34)20-8-4-5-9-20)22(16-19-6-2-1-3-7-19)30-25(35)28-13-10-21-17-27-18-29-21/h1-3,6-7,17-18,20,22H,4-5,8-16H2,(H,27,29)(H,33,34)(H2,28,30,35). The van der Waals surface area contributed by atoms with Crippen LogP contribution in [0.1, 0.15) is 49.8 Å². The van der Waals surface area contributed by atoms with Crippen molar-refractivity contribution in [3.63, 3.8) is 0 Å². The molecule has 35 heavy (non-hydrogen) atoms. The first-order valence-corrected chi connectivity index (χ1v) is 12.6. The Morgan fingerprint density at radius 2 is 1.86 bits per heavy atom. The number of rotatable bonds is 9. The second kappa shape index (κ2) is 11.4. The van der Waals surface area contributed by atoms with E-state index in [4.69, 9.17) is 0 Å². The number of benzene rings is 1. The van der Waals surface area contributed by atoms with Gasteiger partial charge in [-0.1, -0.05) is 43.2 Å². The predicted octanol–water partition coefficient (Wildman–Crippen LogP) is 2.75. The number of urea groups is 1. The molecule has 1 atom stereocenters. The molecule has 3 amide bonds. The van der Waals surface area contributed by atoms with E-state index in [1.165, 1.54) is 0 Å². The van der Waals surface area contributed by atoms with Gasteiger partial charge in [-0.15, -0.1) is 0 Å². The number of carboxylic acid groups (broad SMARTS) is 1. The van der Waals surface area contributed by atoms with Crippen LogP contribution in [0.5, 0.6) is 0 Å². The van der Waals surface area contributed by atoms with Crippen LogP contribution in [0, 0.1) is 11.3 Å². The molecule has 9 heteroatoms. The first kappa shape index (κ1) is 24.8. The third-order valence-electron chi connectivity index (χ3n) is 7.64. The lowest BCUT2D eigenvalue weighted by Crippen LogP contribution is -2.56. The number of nitrogens with zero attached hydrogens (tertiary/aromatic N) is 2. The quantitative estimate of drug-likeness (QED) is 0.438. The van der Waals surface area contributed by atoms with E-state index in [0.717, 1.165) is 36.9 Å². The normalized spacial score (nSPS) is 18.7. The molecule has 1 saturated heterocycles. The smallest absolute Gasteiger partial charge is 0.315 e. The minimum absolute atomic E-state index is 0.165. The van der Waals surface area contributed by atoms with Gasteiger partial charge in [-0.05, 0) is 37.2 Å². The summed E-state index contributed by atoms with van der Waals surface area (Å²) in [5, 5.41) is 15.7. The molecule has 4 rings (SSSR count). The number of aromatic amines is 1. The molecule has 2 fully saturated rings. The van der Waals surface area contributed by atoms with E-state index in [9.17, 15) is 19.5 Å². The first-order valence-electron chi connectivity index (χ1n) is 12.6. The van der Waals surface area contributed by atoms with Crippen LogP contribution in [0.3, 0.4) is 0 Å². The molecule has 2 heterocycles. The summed E-state index contributed by atoms with van der Waals surface area (Å²) in [6.07, 6.45) is 9.33. The topological polar surface area (TPSA) is 127 Å². The number of carbonyl (C=O) groups is 3. The lowest BCUT2D eigenvalue weighted by molar-refractivity contribution is -0.159. The van der Waals surface area contributed by atoms with Gasteiger partial charge in [0.25, 0.3) is 0 Å². The van der Waals surface area contributed by atoms with Crippen molar-refractivity contribution in [3.8, 4) is 0 Å². The van der Waals surface area contributed by atoms with Crippen LogP contribution in [-0.2, 0) is 22.4 Å². The maximum Gasteiger partial charge on any atom is 0.315 e. The molecule has 0 radical (unpaired) electrons. The lowest BCUT2D eigenvalue weighted by atomic mass is 9.68. The second-order valence-electron chi connectivity index (χ2n) is 9.72. The van der Waals surface area contributed by atoms with Crippen LogP contribution >= 0.6 is 0 Å². The molecule has 1 aromatic heterocycles. The molecule has 0 bridgehead atoms. The highest BCUT2D eigenvalue weighted by atomic mass is 16.4. The fourth-order valence-corrected chi connectivity index (χ4v) is 5.61. The molecule has 1 saturated carbocycles. The predicted molar refractivity (Wildman–Crippen MR) is 131 cm³/mol. The van der Waals surface area contributed by atoms with Crippen molar-refractivity contribution in [1.29, 1.82) is 0 Å². The zero-order chi connectivity index (χ0) is 24.7. The van der Waals surface area contributed by atoms with Crippen molar-refractivity contribution in [2.45, 2.75) is 57.4 Å². The fourth-order valence-electron chi connectivity index (χ4n) is 5.61. The average molecular weight is 482 g/mol. The van der Waals surface area contributed by atoms with Crippen molar-refractivity contribution in [1.82, 2.24) is 25.5 Å². The molecule has 2 aromatic rings. The molecule has 4 N–H and O–H groups in total. The molecule has 1 aliphatic carbocycles. The van der Waals surface area contributed by atoms with E-state index in [1.807, 2.05) is 30.3 Å². The van der Waals surface area contributed by atoms with E-state index in [1.54, 1.807) is 17.4 Å². The number of H-pyrrole nitrogens is 1. The molecule has 9 nitrogen and oxygen atoms in total. The molecule has 0 spiro atoms. The minimum Gasteiger partial charge on any atom is -0.481 e. The number of hydrogen-bond acceptors (Lipinski definition) is 4. The Morgan fingerprint density at radius 1 is 1.14 bits per heavy atom. The average Bonchev–Trinajstić information content (AvgIpc) is 3.59. The summed E-state index contributed by atoms with van der Waals surface area (Å²) >= 11 is 0. The van der Waals surface area contributed by atoms with Gasteiger partial charge in [-0.3, -0.25) is 9.59 Å². The molecular formula is C26H35N5O4. The highest BCUT2D eigenvalue weighted by Gasteiger charge is 2.49. The second-order valence-corrected chi connectivity index (χ2v) is 9.72. The Balaban J connectivity index is 1.39. The number of nitrogens with one attached hydrogen (secondary N) is 3. The number of imidazole rings is 1. The van der Waals surface area contributed by atoms with Crippen LogP contribution in [0.4, 0.5) is 4.79 Å². The third kappa shape index (κ3) is 6.01. The van der Waals surface area contributed by atoms with Crippen LogP contribution in [0.15, 0.2) is 42.9 Å². The molecule has 2 aliphatic rings. The summed E-state index contributed by atoms with van der Waals surface area (Å²) < 4.78 is 0. The molecule has 1 aliphatic heterocycles. The Kier molecular flexibility index (Phi) is 8.05. The van der Waals surface area contributed by atoms with E-state index >= 15 is 0 Å². The fraction of sp³-hybridized carbons (Fsp3) is 0.538. The monoisotopic (exact) mass is 481 g/mol. The van der Waals surface area contributed by atoms with Crippen LogP contribution in [0.2, 0.25) is 0 Å². The van der Waals surface area contributed by atoms with Crippen LogP contribution in [0.25, 0.3) is 0 Å². The van der Waals surface area contributed by atoms with E-state index < -0.39 is 23.5 Å². The van der Waals surface area contributed by atoms with E-state index in [2.05, 4.69) is 20.6 Å². The summed E-state index contributed by atoms with van der Waals surface area (Å²) in [6.45, 7) is 1.19. The minimum atomic E-state index is -0.737. The van der Waals surface area contributed by atoms with Crippen molar-refractivity contribution < 1.29 is 19.5 Å². The van der Waals surface area contributed by atoms with Crippen LogP contribution in [-0.4, -0.2) is 63.6 Å². The highest BCUT2D eigenvalue weighted by molar-refractivity contribution is 5.87. The number of hydrogen-bond donors (Lipinski definition) is 4. The van der Waals surface area contributed by atoms with Crippen molar-refractivity contribution >= 4 is 17.9 Å². The summed E-state index contributed by atoms with van der Waals surface area (Å²) in [5.74, 6) is -0.704. The molecular weight excluding hydrogens is 446 g/mol. The number of piperidine rings is 1. The Hall–Kier alpha value is -3.36. The number of aliphatic carboxylic acids is 1. The van der Waals surface area contributed by atoms with Gasteiger partial charge in [0.1, 0.15) is 6.04 Å². The first-order chi connectivity index (χ1) is 17.0. The van der Waals surface area contributed by atoms with Gasteiger partial charge in [-0.25, -0.2) is 9.78 Å². The number of amides is 3. The zero-order valence-electron chi connectivity index (χ0n) is 20.0. The van der Waals surface area contributed by atoms with Crippen molar-refractivity contribution in [2.24, 2.45) is 11.3 Å². The summed E-state index contributed by atoms with van der Waals surface area (Å²) in [4.78, 5) is 47.2. The van der Waals surface area contributed by atoms with E-state index in [-0.39, 0.29) is 11.8 Å². The molecule has 1 unspecified atom stereocenters. The molecule has 1 aromatic carbocycles. The Bertz CT molecular complexity index is 980. The third-order valence-corrected chi connectivity index (χ3v) is 7.64. The number of carbonyl (C=O) groups excluding carboxylic acids is 2. The SMILES string of the molecule is O=C(NCCc1c[nH]cn1)NC(Cc1ccccc1)C(=O)N1CCC(C(=O)O)(C2CCCC2)CC1. The maximum absolute atomic E-state index is 13.5.